The van der Waals surface area contributed by atoms with E-state index in [1.165, 1.54) is 38.0 Å². The maximum Gasteiger partial charge on any atom is 0.247 e. The number of aliphatic hydroxyl groups excluding tert-OH is 2. The van der Waals surface area contributed by atoms with E-state index in [1.807, 2.05) is 19.7 Å². The summed E-state index contributed by atoms with van der Waals surface area (Å²) in [5.74, 6) is -1.42. The number of ketones is 1. The van der Waals surface area contributed by atoms with Crippen LogP contribution in [0.1, 0.15) is 71.1 Å². The Kier molecular flexibility index (Phi) is 23.8. The van der Waals surface area contributed by atoms with Crippen LogP contribution < -0.4 is 5.32 Å². The van der Waals surface area contributed by atoms with Crippen LogP contribution in [0.2, 0.25) is 30.1 Å². The molecule has 0 saturated carbocycles. The third-order valence-corrected chi connectivity index (χ3v) is 12.4. The summed E-state index contributed by atoms with van der Waals surface area (Å²) in [6.07, 6.45) is 1.52. The van der Waals surface area contributed by atoms with Crippen molar-refractivity contribution in [3.8, 4) is 11.5 Å². The molecule has 0 spiro atoms. The first-order valence-electron chi connectivity index (χ1n) is 19.9. The third kappa shape index (κ3) is 16.5. The van der Waals surface area contributed by atoms with Gasteiger partial charge in [0.2, 0.25) is 29.1 Å². The predicted octanol–water partition coefficient (Wildman–Crippen LogP) is 13.1. The Morgan fingerprint density at radius 3 is 1.77 bits per heavy atom. The van der Waals surface area contributed by atoms with E-state index >= 15 is 0 Å². The lowest BCUT2D eigenvalue weighted by Crippen LogP contribution is -2.40. The van der Waals surface area contributed by atoms with Gasteiger partial charge in [-0.15, -0.1) is 10.2 Å². The smallest absolute Gasteiger partial charge is 0.247 e. The van der Waals surface area contributed by atoms with E-state index in [0.717, 1.165) is 37.3 Å². The minimum atomic E-state index is -0.950. The molecule has 0 bridgehead atoms. The number of carbonyl (C=O) groups is 2. The quantitative estimate of drug-likeness (QED) is 0.0632. The van der Waals surface area contributed by atoms with E-state index in [0.29, 0.717) is 65.5 Å². The molecule has 65 heavy (non-hydrogen) atoms. The minimum Gasteiger partial charge on any atom is -0.420 e. The number of ether oxygens (including phenoxy) is 1. The summed E-state index contributed by atoms with van der Waals surface area (Å²) in [5.41, 5.74) is 4.82. The number of benzene rings is 4. The van der Waals surface area contributed by atoms with Gasteiger partial charge in [-0.2, -0.15) is 0 Å². The van der Waals surface area contributed by atoms with Crippen LogP contribution in [-0.4, -0.2) is 70.7 Å². The number of nitrogens with one attached hydrogen (secondary N) is 1. The van der Waals surface area contributed by atoms with Gasteiger partial charge in [0.25, 0.3) is 0 Å². The van der Waals surface area contributed by atoms with Gasteiger partial charge in [-0.1, -0.05) is 106 Å². The number of hydrogen-bond acceptors (Lipinski definition) is 9. The first-order chi connectivity index (χ1) is 30.9. The summed E-state index contributed by atoms with van der Waals surface area (Å²) in [6, 6.07) is 16.3. The lowest BCUT2D eigenvalue weighted by atomic mass is 9.91. The fraction of sp³-hybridized carbons (Fsp3) is 0.348. The first-order valence-corrected chi connectivity index (χ1v) is 24.5. The van der Waals surface area contributed by atoms with Crippen molar-refractivity contribution >= 4 is 112 Å². The molecule has 1 aliphatic heterocycles. The van der Waals surface area contributed by atoms with Gasteiger partial charge in [0.1, 0.15) is 0 Å². The van der Waals surface area contributed by atoms with Crippen LogP contribution >= 0.6 is 77.0 Å². The second-order valence-electron chi connectivity index (χ2n) is 14.5. The molecule has 19 heteroatoms. The summed E-state index contributed by atoms with van der Waals surface area (Å²) in [5, 5.41) is 33.3. The summed E-state index contributed by atoms with van der Waals surface area (Å²) in [7, 11) is 1.00. The second kappa shape index (κ2) is 27.8. The zero-order chi connectivity index (χ0) is 48.4. The highest BCUT2D eigenvalue weighted by Crippen LogP contribution is 2.36. The largest absolute Gasteiger partial charge is 0.420 e. The number of hydrogen-bond donors (Lipinski definition) is 3. The van der Waals surface area contributed by atoms with E-state index in [4.69, 9.17) is 91.9 Å². The highest BCUT2D eigenvalue weighted by atomic mass is 35.5. The number of halogens is 6. The molecule has 0 unspecified atom stereocenters. The molecule has 1 aliphatic rings. The minimum absolute atomic E-state index is 0.217. The number of aliphatic hydroxyl groups is 2. The highest BCUT2D eigenvalue weighted by molar-refractivity contribution is 7.96. The molecule has 1 amide bonds. The Hall–Kier alpha value is -3.72. The number of carbonyl (C=O) groups excluding carboxylic acids is 2. The molecule has 6 rings (SSSR count). The van der Waals surface area contributed by atoms with Gasteiger partial charge in [-0.05, 0) is 126 Å². The summed E-state index contributed by atoms with van der Waals surface area (Å²) >= 11 is 40.6. The molecule has 4 atom stereocenters. The van der Waals surface area contributed by atoms with Gasteiger partial charge in [0, 0.05) is 24.3 Å². The van der Waals surface area contributed by atoms with E-state index in [1.54, 1.807) is 50.2 Å². The van der Waals surface area contributed by atoms with E-state index in [-0.39, 0.29) is 29.7 Å². The Labute approximate surface area is 416 Å². The van der Waals surface area contributed by atoms with Crippen LogP contribution in [0.4, 0.5) is 11.4 Å². The monoisotopic (exact) mass is 1040 g/mol. The number of aromatic nitrogens is 2. The fourth-order valence-electron chi connectivity index (χ4n) is 6.17. The fourth-order valence-corrected chi connectivity index (χ4v) is 7.22. The topological polar surface area (TPSA) is 144 Å². The van der Waals surface area contributed by atoms with Gasteiger partial charge >= 0.3 is 0 Å². The molecule has 1 fully saturated rings. The van der Waals surface area contributed by atoms with Crippen LogP contribution in [0.15, 0.2) is 65.1 Å². The number of rotatable bonds is 12. The van der Waals surface area contributed by atoms with Gasteiger partial charge in [-0.25, -0.2) is 9.69 Å². The number of Topliss-reactive ketones (excluding diaryl/α,β-unsaturated/α-hetero) is 1. The normalized spacial score (nSPS) is 13.5. The molecular weight excluding hydrogens is 994 g/mol. The molecule has 2 heterocycles. The lowest BCUT2D eigenvalue weighted by Gasteiger charge is -2.21. The maximum atomic E-state index is 12.6. The van der Waals surface area contributed by atoms with Crippen molar-refractivity contribution in [2.75, 3.05) is 26.4 Å². The molecule has 3 N–H and O–H groups in total. The van der Waals surface area contributed by atoms with Crippen LogP contribution in [0.3, 0.4) is 0 Å². The molecule has 0 aliphatic carbocycles. The molecule has 1 saturated heterocycles. The zero-order valence-electron chi connectivity index (χ0n) is 36.0. The maximum absolute atomic E-state index is 12.6. The van der Waals surface area contributed by atoms with E-state index < -0.39 is 30.0 Å². The molecule has 5 aromatic rings. The van der Waals surface area contributed by atoms with Crippen molar-refractivity contribution in [2.24, 2.45) is 5.92 Å². The standard InChI is InChI=1S/C21H19Cl3N2O3.C20H16Cl3N3O2.C4H8O.CH3PS/c1-11-13(5-7-18(25-3)20(11)24)8-15(12(2)27)21(29)26-10-19(28)14-4-6-16(22)17(23)9-14;1-10-12(5-7-17(24-3)18(10)23)8-14(11(2)27)20-26-25-19(28-20)13-4-6-15(21)16(22)9-13;1-2-4-5-3-1;1-2-3/h4-7,9,12,15,27H,8,10H2,1-2H3,(H,26,29);4-7,9,11,14,27H,8H2,1-2H3;1-4H2;1H3/t12-,15+;11-,14+;;/m00../s1. The molecule has 4 aromatic carbocycles. The first kappa shape index (κ1) is 55.6. The van der Waals surface area contributed by atoms with Crippen LogP contribution in [0.25, 0.3) is 21.1 Å². The molecule has 1 aromatic heterocycles. The Morgan fingerprint density at radius 2 is 1.31 bits per heavy atom. The summed E-state index contributed by atoms with van der Waals surface area (Å²) in [6.45, 7) is 24.7. The zero-order valence-corrected chi connectivity index (χ0v) is 42.2. The van der Waals surface area contributed by atoms with Crippen LogP contribution in [-0.2, 0) is 34.2 Å². The Balaban J connectivity index is 0.000000295. The molecule has 344 valence electrons. The average Bonchev–Trinajstić information content (AvgIpc) is 4.03. The third-order valence-electron chi connectivity index (χ3n) is 9.99. The summed E-state index contributed by atoms with van der Waals surface area (Å²) in [4.78, 5) is 31.7. The Bertz CT molecular complexity index is 2520. The van der Waals surface area contributed by atoms with Gasteiger partial charge in [0.15, 0.2) is 5.78 Å². The summed E-state index contributed by atoms with van der Waals surface area (Å²) < 4.78 is 10.8. The Morgan fingerprint density at radius 1 is 0.785 bits per heavy atom. The second-order valence-corrected chi connectivity index (χ2v) is 18.4. The van der Waals surface area contributed by atoms with Crippen molar-refractivity contribution in [3.05, 3.63) is 147 Å². The van der Waals surface area contributed by atoms with E-state index in [9.17, 15) is 19.8 Å². The van der Waals surface area contributed by atoms with Gasteiger partial charge in [-0.3, -0.25) is 9.59 Å². The van der Waals surface area contributed by atoms with Crippen molar-refractivity contribution in [1.29, 1.82) is 0 Å². The van der Waals surface area contributed by atoms with Crippen molar-refractivity contribution in [1.82, 2.24) is 15.5 Å². The molecule has 0 radical (unpaired) electrons. The van der Waals surface area contributed by atoms with Crippen molar-refractivity contribution in [2.45, 2.75) is 71.5 Å². The van der Waals surface area contributed by atoms with Gasteiger partial charge < -0.3 is 24.7 Å². The van der Waals surface area contributed by atoms with Crippen molar-refractivity contribution < 1.29 is 29.0 Å². The molecule has 11 nitrogen and oxygen atoms in total. The van der Waals surface area contributed by atoms with Crippen LogP contribution in [0, 0.1) is 32.9 Å². The lowest BCUT2D eigenvalue weighted by molar-refractivity contribution is -0.127. The number of nitrogens with zero attached hydrogens (tertiary/aromatic N) is 4. The highest BCUT2D eigenvalue weighted by Gasteiger charge is 2.27. The van der Waals surface area contributed by atoms with Crippen molar-refractivity contribution in [3.63, 3.8) is 0 Å². The van der Waals surface area contributed by atoms with Crippen LogP contribution in [0.5, 0.6) is 0 Å². The average molecular weight is 1040 g/mol. The van der Waals surface area contributed by atoms with Gasteiger partial charge in [0.05, 0.1) is 73.9 Å². The molecular formula is C46H46Cl6N5O6PS. The predicted molar refractivity (Wildman–Crippen MR) is 266 cm³/mol. The van der Waals surface area contributed by atoms with E-state index in [2.05, 4.69) is 37.0 Å². The SMILES string of the molecule is C1CCOC1.CP=S.[C-]#[N+]c1ccc(C[C@@H](C(=O)NCC(=O)c2ccc(Cl)c(Cl)c2)[C@H](C)O)c(C)c1Cl.[C-]#[N+]c1ccc(C[C@@H](c2nnc(-c3ccc(Cl)c(Cl)c3)o2)[C@H](C)O)c(C)c1Cl. The number of amides is 1.